The Hall–Kier alpha value is -2.34. The first-order valence-electron chi connectivity index (χ1n) is 11.0. The second-order valence-corrected chi connectivity index (χ2v) is 9.76. The van der Waals surface area contributed by atoms with Gasteiger partial charge in [0, 0.05) is 21.7 Å². The Morgan fingerprint density at radius 3 is 2.67 bits per heavy atom. The normalized spacial score (nSPS) is 24.4. The highest BCUT2D eigenvalue weighted by Gasteiger charge is 2.47. The lowest BCUT2D eigenvalue weighted by Crippen LogP contribution is -2.53. The third kappa shape index (κ3) is 3.41. The van der Waals surface area contributed by atoms with E-state index in [4.69, 9.17) is 4.74 Å². The minimum absolute atomic E-state index is 0.00815. The highest BCUT2D eigenvalue weighted by molar-refractivity contribution is 7.20. The second-order valence-electron chi connectivity index (χ2n) is 8.68. The Labute approximate surface area is 181 Å². The van der Waals surface area contributed by atoms with Crippen LogP contribution in [0.15, 0.2) is 35.9 Å². The van der Waals surface area contributed by atoms with Gasteiger partial charge in [0.15, 0.2) is 0 Å². The molecule has 6 heteroatoms. The van der Waals surface area contributed by atoms with Crippen molar-refractivity contribution in [2.24, 2.45) is 0 Å². The summed E-state index contributed by atoms with van der Waals surface area (Å²) in [7, 11) is 1.44. The molecule has 2 bridgehead atoms. The van der Waals surface area contributed by atoms with E-state index < -0.39 is 0 Å². The molecule has 0 radical (unpaired) electrons. The Balaban J connectivity index is 1.49. The fourth-order valence-corrected chi connectivity index (χ4v) is 6.58. The SMILES string of the molecule is COC(=O)C1=C(c2cc3ccccc3s2)C[C@@H]2CC[C@H]1N2C(=O)NC1CCCCC1. The van der Waals surface area contributed by atoms with Gasteiger partial charge in [-0.05, 0) is 55.2 Å². The molecule has 1 aliphatic carbocycles. The summed E-state index contributed by atoms with van der Waals surface area (Å²) in [5, 5.41) is 4.45. The zero-order valence-electron chi connectivity index (χ0n) is 17.4. The summed E-state index contributed by atoms with van der Waals surface area (Å²) in [6.07, 6.45) is 8.20. The summed E-state index contributed by atoms with van der Waals surface area (Å²) in [5.74, 6) is -0.303. The Kier molecular flexibility index (Phi) is 5.27. The first-order valence-corrected chi connectivity index (χ1v) is 11.9. The topological polar surface area (TPSA) is 58.6 Å². The van der Waals surface area contributed by atoms with Gasteiger partial charge in [0.05, 0.1) is 18.7 Å². The third-order valence-corrected chi connectivity index (χ3v) is 8.07. The van der Waals surface area contributed by atoms with E-state index in [-0.39, 0.29) is 30.1 Å². The third-order valence-electron chi connectivity index (χ3n) is 6.90. The van der Waals surface area contributed by atoms with Crippen LogP contribution in [0.5, 0.6) is 0 Å². The van der Waals surface area contributed by atoms with Crippen molar-refractivity contribution in [3.8, 4) is 0 Å². The number of urea groups is 1. The lowest BCUT2D eigenvalue weighted by Gasteiger charge is -2.38. The van der Waals surface area contributed by atoms with Crippen LogP contribution in [0, 0.1) is 0 Å². The molecule has 1 N–H and O–H groups in total. The van der Waals surface area contributed by atoms with Gasteiger partial charge in [-0.2, -0.15) is 0 Å². The molecule has 3 heterocycles. The Morgan fingerprint density at radius 1 is 1.10 bits per heavy atom. The maximum absolute atomic E-state index is 13.2. The minimum Gasteiger partial charge on any atom is -0.466 e. The first-order chi connectivity index (χ1) is 14.7. The average Bonchev–Trinajstić information content (AvgIpc) is 3.33. The van der Waals surface area contributed by atoms with Gasteiger partial charge in [0.1, 0.15) is 0 Å². The monoisotopic (exact) mass is 424 g/mol. The van der Waals surface area contributed by atoms with Crippen LogP contribution in [-0.2, 0) is 9.53 Å². The van der Waals surface area contributed by atoms with Crippen molar-refractivity contribution < 1.29 is 14.3 Å². The van der Waals surface area contributed by atoms with Gasteiger partial charge in [-0.1, -0.05) is 37.5 Å². The molecule has 1 saturated carbocycles. The van der Waals surface area contributed by atoms with Crippen molar-refractivity contribution in [2.75, 3.05) is 7.11 Å². The van der Waals surface area contributed by atoms with Crippen molar-refractivity contribution in [1.29, 1.82) is 0 Å². The van der Waals surface area contributed by atoms with E-state index in [1.54, 1.807) is 11.3 Å². The number of ether oxygens (including phenoxy) is 1. The molecule has 0 spiro atoms. The Bertz CT molecular complexity index is 972. The van der Waals surface area contributed by atoms with Crippen LogP contribution < -0.4 is 5.32 Å². The highest BCUT2D eigenvalue weighted by Crippen LogP contribution is 2.45. The van der Waals surface area contributed by atoms with Gasteiger partial charge in [0.25, 0.3) is 0 Å². The standard InChI is InChI=1S/C24H28N2O3S/c1-29-23(27)22-18(21-13-15-7-5-6-10-20(15)30-21)14-17-11-12-19(22)26(17)24(28)25-16-8-3-2-4-9-16/h5-7,10,13,16-17,19H,2-4,8-9,11-12,14H2,1H3,(H,25,28)/t17-,19+/m0/s1. The maximum Gasteiger partial charge on any atom is 0.336 e. The molecule has 0 unspecified atom stereocenters. The van der Waals surface area contributed by atoms with Gasteiger partial charge in [-0.25, -0.2) is 9.59 Å². The predicted molar refractivity (Wildman–Crippen MR) is 119 cm³/mol. The van der Waals surface area contributed by atoms with Crippen LogP contribution in [0.25, 0.3) is 15.7 Å². The van der Waals surface area contributed by atoms with Gasteiger partial charge >= 0.3 is 12.0 Å². The van der Waals surface area contributed by atoms with Gasteiger partial charge < -0.3 is 15.0 Å². The molecule has 2 aliphatic heterocycles. The van der Waals surface area contributed by atoms with E-state index in [1.807, 2.05) is 17.0 Å². The molecule has 1 aromatic carbocycles. The number of fused-ring (bicyclic) bond motifs is 3. The van der Waals surface area contributed by atoms with Crippen LogP contribution in [0.4, 0.5) is 4.79 Å². The average molecular weight is 425 g/mol. The number of esters is 1. The fraction of sp³-hybridized carbons (Fsp3) is 0.500. The van der Waals surface area contributed by atoms with Gasteiger partial charge in [-0.15, -0.1) is 11.3 Å². The zero-order valence-corrected chi connectivity index (χ0v) is 18.2. The number of hydrogen-bond acceptors (Lipinski definition) is 4. The molecular formula is C24H28N2O3S. The van der Waals surface area contributed by atoms with E-state index in [2.05, 4.69) is 23.5 Å². The molecule has 5 rings (SSSR count). The van der Waals surface area contributed by atoms with Gasteiger partial charge in [0.2, 0.25) is 0 Å². The van der Waals surface area contributed by atoms with E-state index in [1.165, 1.54) is 36.5 Å². The van der Waals surface area contributed by atoms with Crippen molar-refractivity contribution in [2.45, 2.75) is 69.5 Å². The van der Waals surface area contributed by atoms with Crippen LogP contribution in [0.2, 0.25) is 0 Å². The van der Waals surface area contributed by atoms with Crippen molar-refractivity contribution in [3.05, 3.63) is 40.8 Å². The summed E-state index contributed by atoms with van der Waals surface area (Å²) >= 11 is 1.72. The van der Waals surface area contributed by atoms with E-state index in [0.29, 0.717) is 12.0 Å². The minimum atomic E-state index is -0.303. The summed E-state index contributed by atoms with van der Waals surface area (Å²) in [6.45, 7) is 0. The number of hydrogen-bond donors (Lipinski definition) is 1. The number of methoxy groups -OCH3 is 1. The number of thiophene rings is 1. The quantitative estimate of drug-likeness (QED) is 0.697. The van der Waals surface area contributed by atoms with Crippen LogP contribution >= 0.6 is 11.3 Å². The summed E-state index contributed by atoms with van der Waals surface area (Å²) in [6, 6.07) is 10.7. The molecule has 2 amide bonds. The van der Waals surface area contributed by atoms with Gasteiger partial charge in [-0.3, -0.25) is 0 Å². The molecule has 158 valence electrons. The van der Waals surface area contributed by atoms with Crippen LogP contribution in [0.3, 0.4) is 0 Å². The van der Waals surface area contributed by atoms with Crippen molar-refractivity contribution in [3.63, 3.8) is 0 Å². The molecule has 3 aliphatic rings. The molecule has 2 aromatic rings. The molecular weight excluding hydrogens is 396 g/mol. The molecule has 1 saturated heterocycles. The maximum atomic E-state index is 13.2. The predicted octanol–water partition coefficient (Wildman–Crippen LogP) is 5.11. The lowest BCUT2D eigenvalue weighted by atomic mass is 9.91. The zero-order chi connectivity index (χ0) is 20.7. The fourth-order valence-electron chi connectivity index (χ4n) is 5.45. The number of amides is 2. The molecule has 30 heavy (non-hydrogen) atoms. The number of nitrogens with one attached hydrogen (secondary N) is 1. The van der Waals surface area contributed by atoms with Crippen LogP contribution in [-0.4, -0.2) is 42.1 Å². The Morgan fingerprint density at radius 2 is 1.90 bits per heavy atom. The largest absolute Gasteiger partial charge is 0.466 e. The molecule has 2 fully saturated rings. The number of carbonyl (C=O) groups is 2. The van der Waals surface area contributed by atoms with Crippen LogP contribution in [0.1, 0.15) is 56.2 Å². The number of carbonyl (C=O) groups excluding carboxylic acids is 2. The smallest absolute Gasteiger partial charge is 0.336 e. The number of benzene rings is 1. The summed E-state index contributed by atoms with van der Waals surface area (Å²) in [5.41, 5.74) is 1.74. The molecule has 2 atom stereocenters. The lowest BCUT2D eigenvalue weighted by molar-refractivity contribution is -0.136. The number of rotatable bonds is 3. The summed E-state index contributed by atoms with van der Waals surface area (Å²) < 4.78 is 6.41. The molecule has 1 aromatic heterocycles. The molecule has 5 nitrogen and oxygen atoms in total. The highest BCUT2D eigenvalue weighted by atomic mass is 32.1. The second kappa shape index (κ2) is 8.06. The van der Waals surface area contributed by atoms with E-state index in [0.717, 1.165) is 36.1 Å². The van der Waals surface area contributed by atoms with Crippen molar-refractivity contribution >= 4 is 39.0 Å². The first kappa shape index (κ1) is 19.6. The van der Waals surface area contributed by atoms with E-state index >= 15 is 0 Å². The van der Waals surface area contributed by atoms with E-state index in [9.17, 15) is 9.59 Å². The summed E-state index contributed by atoms with van der Waals surface area (Å²) in [4.78, 5) is 29.2. The van der Waals surface area contributed by atoms with Crippen molar-refractivity contribution in [1.82, 2.24) is 10.2 Å². The number of nitrogens with zero attached hydrogens (tertiary/aromatic N) is 1.